The van der Waals surface area contributed by atoms with Gasteiger partial charge >= 0.3 is 12.1 Å². The molecule has 0 unspecified atom stereocenters. The average molecular weight is 514 g/mol. The molecular formula is C23H24ClN7O5. The number of carboxylic acids is 1. The Labute approximate surface area is 211 Å². The van der Waals surface area contributed by atoms with Crippen molar-refractivity contribution >= 4 is 47.0 Å². The molecule has 1 aromatic heterocycles. The van der Waals surface area contributed by atoms with E-state index in [1.54, 1.807) is 48.5 Å². The van der Waals surface area contributed by atoms with E-state index in [4.69, 9.17) is 21.4 Å². The minimum Gasteiger partial charge on any atom is -0.481 e. The molecule has 2 aromatic carbocycles. The van der Waals surface area contributed by atoms with Gasteiger partial charge in [-0.2, -0.15) is 4.68 Å². The lowest BCUT2D eigenvalue weighted by Crippen LogP contribution is -2.36. The van der Waals surface area contributed by atoms with Crippen molar-refractivity contribution in [1.82, 2.24) is 25.5 Å². The maximum atomic E-state index is 12.4. The molecule has 0 saturated heterocycles. The van der Waals surface area contributed by atoms with Gasteiger partial charge < -0.3 is 20.5 Å². The van der Waals surface area contributed by atoms with E-state index in [9.17, 15) is 14.4 Å². The fourth-order valence-corrected chi connectivity index (χ4v) is 3.15. The van der Waals surface area contributed by atoms with Crippen LogP contribution in [-0.2, 0) is 14.3 Å². The summed E-state index contributed by atoms with van der Waals surface area (Å²) < 4.78 is 6.25. The number of hydrogen-bond acceptors (Lipinski definition) is 8. The number of nitrogens with one attached hydrogen (secondary N) is 3. The first-order valence-corrected chi connectivity index (χ1v) is 11.2. The minimum absolute atomic E-state index is 0.192. The van der Waals surface area contributed by atoms with E-state index in [2.05, 4.69) is 31.5 Å². The number of ether oxygens (including phenoxy) is 1. The Bertz CT molecular complexity index is 1220. The van der Waals surface area contributed by atoms with Crippen LogP contribution in [0.3, 0.4) is 0 Å². The van der Waals surface area contributed by atoms with Crippen LogP contribution in [0.5, 0.6) is 0 Å². The molecule has 36 heavy (non-hydrogen) atoms. The van der Waals surface area contributed by atoms with Gasteiger partial charge in [0.05, 0.1) is 12.1 Å². The summed E-state index contributed by atoms with van der Waals surface area (Å²) in [4.78, 5) is 34.5. The fraction of sp³-hybridized carbons (Fsp3) is 0.217. The molecule has 1 heterocycles. The highest BCUT2D eigenvalue weighted by Crippen LogP contribution is 2.20. The van der Waals surface area contributed by atoms with E-state index in [0.29, 0.717) is 28.5 Å². The van der Waals surface area contributed by atoms with E-state index in [1.807, 2.05) is 6.92 Å². The number of aromatic nitrogens is 4. The summed E-state index contributed by atoms with van der Waals surface area (Å²) in [6.45, 7) is 2.10. The summed E-state index contributed by atoms with van der Waals surface area (Å²) in [5.74, 6) is -1.33. The molecule has 3 aromatic rings. The molecule has 13 heteroatoms. The highest BCUT2D eigenvalue weighted by atomic mass is 35.5. The smallest absolute Gasteiger partial charge is 0.411 e. The Morgan fingerprint density at radius 3 is 2.61 bits per heavy atom. The molecule has 0 radical (unpaired) electrons. The number of anilines is 2. The van der Waals surface area contributed by atoms with Crippen LogP contribution in [0, 0.1) is 0 Å². The third kappa shape index (κ3) is 8.40. The maximum absolute atomic E-state index is 12.4. The van der Waals surface area contributed by atoms with Crippen molar-refractivity contribution in [2.45, 2.75) is 19.4 Å². The Morgan fingerprint density at radius 1 is 1.17 bits per heavy atom. The van der Waals surface area contributed by atoms with E-state index < -0.39 is 12.1 Å². The number of aliphatic carboxylic acids is 1. The van der Waals surface area contributed by atoms with Crippen molar-refractivity contribution in [3.8, 4) is 5.69 Å². The van der Waals surface area contributed by atoms with Crippen molar-refractivity contribution in [2.75, 3.05) is 23.8 Å². The molecular weight excluding hydrogens is 490 g/mol. The number of amides is 2. The molecule has 12 nitrogen and oxygen atoms in total. The lowest BCUT2D eigenvalue weighted by atomic mass is 10.1. The van der Waals surface area contributed by atoms with Crippen molar-refractivity contribution in [2.24, 2.45) is 0 Å². The number of hydrogen-bond donors (Lipinski definition) is 4. The van der Waals surface area contributed by atoms with Crippen LogP contribution in [-0.4, -0.2) is 62.5 Å². The molecule has 3 rings (SSSR count). The summed E-state index contributed by atoms with van der Waals surface area (Å²) in [5, 5.41) is 28.8. The zero-order valence-electron chi connectivity index (χ0n) is 19.2. The molecule has 0 aliphatic rings. The Hall–Kier alpha value is -4.45. The molecule has 0 fully saturated rings. The minimum atomic E-state index is -1.05. The number of tetrazole rings is 1. The third-order valence-corrected chi connectivity index (χ3v) is 4.92. The largest absolute Gasteiger partial charge is 0.481 e. The third-order valence-electron chi connectivity index (χ3n) is 4.68. The second kappa shape index (κ2) is 12.9. The molecule has 1 atom stereocenters. The van der Waals surface area contributed by atoms with Crippen molar-refractivity contribution in [3.63, 3.8) is 0 Å². The lowest BCUT2D eigenvalue weighted by molar-refractivity contribution is -0.137. The molecule has 0 spiro atoms. The van der Waals surface area contributed by atoms with Crippen LogP contribution < -0.4 is 16.0 Å². The Kier molecular flexibility index (Phi) is 9.34. The second-order valence-electron chi connectivity index (χ2n) is 7.56. The topological polar surface area (TPSA) is 160 Å². The second-order valence-corrected chi connectivity index (χ2v) is 8.00. The van der Waals surface area contributed by atoms with Gasteiger partial charge in [0.2, 0.25) is 5.91 Å². The quantitative estimate of drug-likeness (QED) is 0.282. The fourth-order valence-electron chi connectivity index (χ4n) is 2.97. The predicted molar refractivity (Wildman–Crippen MR) is 133 cm³/mol. The van der Waals surface area contributed by atoms with Gasteiger partial charge in [-0.15, -0.1) is 5.10 Å². The summed E-state index contributed by atoms with van der Waals surface area (Å²) in [5.41, 5.74) is 2.63. The van der Waals surface area contributed by atoms with Crippen molar-refractivity contribution < 1.29 is 24.2 Å². The monoisotopic (exact) mass is 513 g/mol. The van der Waals surface area contributed by atoms with Crippen molar-refractivity contribution in [3.05, 3.63) is 65.5 Å². The van der Waals surface area contributed by atoms with Crippen LogP contribution in [0.1, 0.15) is 18.9 Å². The molecule has 0 bridgehead atoms. The predicted octanol–water partition coefficient (Wildman–Crippen LogP) is 2.97. The van der Waals surface area contributed by atoms with E-state index >= 15 is 0 Å². The summed E-state index contributed by atoms with van der Waals surface area (Å²) in [6, 6.07) is 11.8. The van der Waals surface area contributed by atoms with Crippen LogP contribution in [0.4, 0.5) is 16.2 Å². The standard InChI is InChI=1S/C23H24ClN7O5/c1-15(13-25-18-4-6-19(7-5-18)28-23(35)36-11-10-22(33)34)27-21(32)9-2-16-12-17(24)3-8-20(16)31-14-26-29-30-31/h2-9,12,14-15,25H,10-11,13H2,1H3,(H,27,32)(H,28,35)(H,33,34)/b9-2+/t15-/m0/s1. The van der Waals surface area contributed by atoms with Gasteiger partial charge in [0.25, 0.3) is 0 Å². The van der Waals surface area contributed by atoms with Gasteiger partial charge in [0.15, 0.2) is 0 Å². The Morgan fingerprint density at radius 2 is 1.92 bits per heavy atom. The van der Waals surface area contributed by atoms with E-state index in [1.165, 1.54) is 17.1 Å². The molecule has 2 amide bonds. The van der Waals surface area contributed by atoms with Gasteiger partial charge in [0.1, 0.15) is 12.9 Å². The molecule has 0 aliphatic heterocycles. The number of carbonyl (C=O) groups is 3. The summed E-state index contributed by atoms with van der Waals surface area (Å²) in [7, 11) is 0. The van der Waals surface area contributed by atoms with E-state index in [0.717, 1.165) is 5.69 Å². The maximum Gasteiger partial charge on any atom is 0.411 e. The van der Waals surface area contributed by atoms with Gasteiger partial charge in [-0.05, 0) is 65.9 Å². The molecule has 0 saturated carbocycles. The number of rotatable bonds is 11. The number of benzene rings is 2. The highest BCUT2D eigenvalue weighted by molar-refractivity contribution is 6.30. The van der Waals surface area contributed by atoms with Gasteiger partial charge in [0, 0.05) is 40.6 Å². The van der Waals surface area contributed by atoms with Gasteiger partial charge in [-0.1, -0.05) is 11.6 Å². The number of carboxylic acid groups (broad SMARTS) is 1. The van der Waals surface area contributed by atoms with Crippen LogP contribution in [0.15, 0.2) is 54.9 Å². The zero-order chi connectivity index (χ0) is 25.9. The van der Waals surface area contributed by atoms with Gasteiger partial charge in [-0.25, -0.2) is 4.79 Å². The number of carbonyl (C=O) groups excluding carboxylic acids is 2. The van der Waals surface area contributed by atoms with Crippen LogP contribution >= 0.6 is 11.6 Å². The zero-order valence-corrected chi connectivity index (χ0v) is 20.0. The van der Waals surface area contributed by atoms with Crippen molar-refractivity contribution in [1.29, 1.82) is 0 Å². The first-order valence-electron chi connectivity index (χ1n) is 10.8. The van der Waals surface area contributed by atoms with Crippen LogP contribution in [0.25, 0.3) is 11.8 Å². The number of halogens is 1. The molecule has 0 aliphatic carbocycles. The van der Waals surface area contributed by atoms with Crippen LogP contribution in [0.2, 0.25) is 5.02 Å². The number of nitrogens with zero attached hydrogens (tertiary/aromatic N) is 4. The molecule has 188 valence electrons. The first kappa shape index (κ1) is 26.2. The highest BCUT2D eigenvalue weighted by Gasteiger charge is 2.09. The van der Waals surface area contributed by atoms with Gasteiger partial charge in [-0.3, -0.25) is 14.9 Å². The summed E-state index contributed by atoms with van der Waals surface area (Å²) >= 11 is 6.09. The summed E-state index contributed by atoms with van der Waals surface area (Å²) in [6.07, 6.45) is 3.50. The molecule has 4 N–H and O–H groups in total. The first-order chi connectivity index (χ1) is 17.3. The Balaban J connectivity index is 1.46. The SMILES string of the molecule is C[C@@H](CNc1ccc(NC(=O)OCCC(=O)O)cc1)NC(=O)/C=C/c1cc(Cl)ccc1-n1cnnn1. The normalized spacial score (nSPS) is 11.6. The van der Waals surface area contributed by atoms with E-state index in [-0.39, 0.29) is 25.0 Å². The lowest BCUT2D eigenvalue weighted by Gasteiger charge is -2.15. The average Bonchev–Trinajstić information content (AvgIpc) is 3.37.